The van der Waals surface area contributed by atoms with Gasteiger partial charge in [-0.2, -0.15) is 0 Å². The van der Waals surface area contributed by atoms with Crippen molar-refractivity contribution in [1.29, 1.82) is 0 Å². The number of rotatable bonds is 6. The summed E-state index contributed by atoms with van der Waals surface area (Å²) in [5.74, 6) is -0.0110. The maximum Gasteiger partial charge on any atom is 0.240 e. The van der Waals surface area contributed by atoms with E-state index in [1.807, 2.05) is 23.6 Å². The summed E-state index contributed by atoms with van der Waals surface area (Å²) in [6.07, 6.45) is 0. The molecule has 0 unspecified atom stereocenters. The number of carbonyl (C=O) groups is 1. The Morgan fingerprint density at radius 3 is 2.57 bits per heavy atom. The summed E-state index contributed by atoms with van der Waals surface area (Å²) in [6, 6.07) is 16.2. The zero-order valence-electron chi connectivity index (χ0n) is 17.0. The van der Waals surface area contributed by atoms with Gasteiger partial charge in [-0.25, -0.2) is 4.98 Å². The van der Waals surface area contributed by atoms with Crippen LogP contribution in [0.1, 0.15) is 11.1 Å². The number of carbonyl (C=O) groups excluding carboxylic acids is 1. The first-order valence-electron chi connectivity index (χ1n) is 10.1. The normalized spacial score (nSPS) is 15.3. The Balaban J connectivity index is 1.24. The van der Waals surface area contributed by atoms with E-state index in [1.165, 1.54) is 22.5 Å². The Labute approximate surface area is 186 Å². The van der Waals surface area contributed by atoms with Gasteiger partial charge in [0, 0.05) is 48.7 Å². The second-order valence-corrected chi connectivity index (χ2v) is 8.93. The predicted molar refractivity (Wildman–Crippen MR) is 124 cm³/mol. The summed E-state index contributed by atoms with van der Waals surface area (Å²) in [4.78, 5) is 21.6. The van der Waals surface area contributed by atoms with Gasteiger partial charge in [-0.1, -0.05) is 53.6 Å². The minimum atomic E-state index is -0.0110. The average molecular weight is 441 g/mol. The van der Waals surface area contributed by atoms with Crippen LogP contribution in [-0.4, -0.2) is 53.4 Å². The topological polar surface area (TPSA) is 48.5 Å². The SMILES string of the molecule is Cc1ccc(-c2csc(NC(=O)CN3CCN(Cc4cccc(Cl)c4)CC3)n2)cc1. The van der Waals surface area contributed by atoms with Crippen LogP contribution in [0, 0.1) is 6.92 Å². The Hall–Kier alpha value is -2.25. The lowest BCUT2D eigenvalue weighted by atomic mass is 10.1. The smallest absolute Gasteiger partial charge is 0.240 e. The fourth-order valence-electron chi connectivity index (χ4n) is 3.55. The lowest BCUT2D eigenvalue weighted by molar-refractivity contribution is -0.117. The number of aryl methyl sites for hydroxylation is 1. The van der Waals surface area contributed by atoms with E-state index in [-0.39, 0.29) is 5.91 Å². The van der Waals surface area contributed by atoms with Gasteiger partial charge >= 0.3 is 0 Å². The van der Waals surface area contributed by atoms with Crippen molar-refractivity contribution >= 4 is 34.0 Å². The van der Waals surface area contributed by atoms with Crippen molar-refractivity contribution in [2.75, 3.05) is 38.0 Å². The van der Waals surface area contributed by atoms with Crippen LogP contribution in [0.25, 0.3) is 11.3 Å². The van der Waals surface area contributed by atoms with Gasteiger partial charge in [0.1, 0.15) is 0 Å². The molecule has 1 fully saturated rings. The third kappa shape index (κ3) is 5.67. The molecule has 0 saturated carbocycles. The van der Waals surface area contributed by atoms with Crippen molar-refractivity contribution in [2.24, 2.45) is 0 Å². The van der Waals surface area contributed by atoms with Gasteiger partial charge in [0.2, 0.25) is 5.91 Å². The minimum Gasteiger partial charge on any atom is -0.301 e. The molecule has 1 aromatic heterocycles. The van der Waals surface area contributed by atoms with Gasteiger partial charge in [-0.05, 0) is 24.6 Å². The van der Waals surface area contributed by atoms with Crippen molar-refractivity contribution in [1.82, 2.24) is 14.8 Å². The predicted octanol–water partition coefficient (Wildman–Crippen LogP) is 4.53. The van der Waals surface area contributed by atoms with Crippen molar-refractivity contribution in [3.05, 3.63) is 70.1 Å². The fourth-order valence-corrected chi connectivity index (χ4v) is 4.50. The van der Waals surface area contributed by atoms with E-state index in [9.17, 15) is 4.79 Å². The van der Waals surface area contributed by atoms with E-state index in [4.69, 9.17) is 11.6 Å². The maximum absolute atomic E-state index is 12.5. The highest BCUT2D eigenvalue weighted by Crippen LogP contribution is 2.25. The molecule has 2 aromatic carbocycles. The van der Waals surface area contributed by atoms with Crippen LogP contribution in [0.15, 0.2) is 53.9 Å². The number of piperazine rings is 1. The number of aromatic nitrogens is 1. The maximum atomic E-state index is 12.5. The van der Waals surface area contributed by atoms with Crippen LogP contribution in [0.3, 0.4) is 0 Å². The Morgan fingerprint density at radius 2 is 1.83 bits per heavy atom. The van der Waals surface area contributed by atoms with E-state index in [2.05, 4.69) is 57.4 Å². The molecule has 1 aliphatic rings. The Kier molecular flexibility index (Phi) is 6.79. The van der Waals surface area contributed by atoms with Gasteiger partial charge in [-0.15, -0.1) is 11.3 Å². The molecule has 0 bridgehead atoms. The van der Waals surface area contributed by atoms with Crippen LogP contribution in [0.5, 0.6) is 0 Å². The molecule has 0 radical (unpaired) electrons. The molecule has 3 aromatic rings. The molecule has 156 valence electrons. The number of thiazole rings is 1. The van der Waals surface area contributed by atoms with Gasteiger partial charge < -0.3 is 5.32 Å². The van der Waals surface area contributed by atoms with Crippen LogP contribution in [0.2, 0.25) is 5.02 Å². The molecule has 1 N–H and O–H groups in total. The molecule has 5 nitrogen and oxygen atoms in total. The van der Waals surface area contributed by atoms with Crippen molar-refractivity contribution in [2.45, 2.75) is 13.5 Å². The molecular weight excluding hydrogens is 416 g/mol. The highest BCUT2D eigenvalue weighted by Gasteiger charge is 2.19. The number of anilines is 1. The van der Waals surface area contributed by atoms with Crippen LogP contribution in [0.4, 0.5) is 5.13 Å². The first-order valence-corrected chi connectivity index (χ1v) is 11.3. The molecule has 30 heavy (non-hydrogen) atoms. The summed E-state index contributed by atoms with van der Waals surface area (Å²) >= 11 is 7.54. The Bertz CT molecular complexity index is 996. The molecule has 0 aliphatic carbocycles. The zero-order valence-corrected chi connectivity index (χ0v) is 18.5. The van der Waals surface area contributed by atoms with Crippen molar-refractivity contribution in [3.8, 4) is 11.3 Å². The molecule has 0 atom stereocenters. The van der Waals surface area contributed by atoms with Crippen molar-refractivity contribution in [3.63, 3.8) is 0 Å². The summed E-state index contributed by atoms with van der Waals surface area (Å²) in [7, 11) is 0. The van der Waals surface area contributed by atoms with Crippen LogP contribution in [-0.2, 0) is 11.3 Å². The number of hydrogen-bond donors (Lipinski definition) is 1. The summed E-state index contributed by atoms with van der Waals surface area (Å²) in [5, 5.41) is 6.35. The lowest BCUT2D eigenvalue weighted by Gasteiger charge is -2.34. The van der Waals surface area contributed by atoms with Gasteiger partial charge in [0.05, 0.1) is 12.2 Å². The molecular formula is C23H25ClN4OS. The fraction of sp³-hybridized carbons (Fsp3) is 0.304. The third-order valence-electron chi connectivity index (χ3n) is 5.23. The molecule has 1 saturated heterocycles. The van der Waals surface area contributed by atoms with Gasteiger partial charge in [-0.3, -0.25) is 14.6 Å². The van der Waals surface area contributed by atoms with Crippen molar-refractivity contribution < 1.29 is 4.79 Å². The van der Waals surface area contributed by atoms with E-state index >= 15 is 0 Å². The number of benzene rings is 2. The zero-order chi connectivity index (χ0) is 20.9. The summed E-state index contributed by atoms with van der Waals surface area (Å²) in [5.41, 5.74) is 4.40. The third-order valence-corrected chi connectivity index (χ3v) is 6.22. The first-order chi connectivity index (χ1) is 14.5. The van der Waals surface area contributed by atoms with E-state index < -0.39 is 0 Å². The molecule has 2 heterocycles. The lowest BCUT2D eigenvalue weighted by Crippen LogP contribution is -2.48. The number of hydrogen-bond acceptors (Lipinski definition) is 5. The van der Waals surface area contributed by atoms with Crippen LogP contribution >= 0.6 is 22.9 Å². The number of amides is 1. The first kappa shape index (κ1) is 21.0. The highest BCUT2D eigenvalue weighted by atomic mass is 35.5. The van der Waals surface area contributed by atoms with E-state index in [0.717, 1.165) is 49.0 Å². The van der Waals surface area contributed by atoms with Gasteiger partial charge in [0.15, 0.2) is 5.13 Å². The number of nitrogens with one attached hydrogen (secondary N) is 1. The number of nitrogens with zero attached hydrogens (tertiary/aromatic N) is 3. The quantitative estimate of drug-likeness (QED) is 0.611. The molecule has 1 amide bonds. The van der Waals surface area contributed by atoms with E-state index in [0.29, 0.717) is 11.7 Å². The summed E-state index contributed by atoms with van der Waals surface area (Å²) < 4.78 is 0. The molecule has 7 heteroatoms. The minimum absolute atomic E-state index is 0.0110. The molecule has 1 aliphatic heterocycles. The van der Waals surface area contributed by atoms with Gasteiger partial charge in [0.25, 0.3) is 0 Å². The van der Waals surface area contributed by atoms with Crippen LogP contribution < -0.4 is 5.32 Å². The standard InChI is InChI=1S/C23H25ClN4OS/c1-17-5-7-19(8-6-17)21-16-30-23(25-21)26-22(29)15-28-11-9-27(10-12-28)14-18-3-2-4-20(24)13-18/h2-8,13,16H,9-12,14-15H2,1H3,(H,25,26,29). The second-order valence-electron chi connectivity index (χ2n) is 7.63. The average Bonchev–Trinajstić information content (AvgIpc) is 3.18. The largest absolute Gasteiger partial charge is 0.301 e. The molecule has 0 spiro atoms. The van der Waals surface area contributed by atoms with E-state index in [1.54, 1.807) is 0 Å². The Morgan fingerprint density at radius 1 is 1.10 bits per heavy atom. The highest BCUT2D eigenvalue weighted by molar-refractivity contribution is 7.14. The summed E-state index contributed by atoms with van der Waals surface area (Å²) in [6.45, 7) is 6.98. The molecule has 4 rings (SSSR count). The second kappa shape index (κ2) is 9.71. The monoisotopic (exact) mass is 440 g/mol. The number of halogens is 1.